The van der Waals surface area contributed by atoms with Gasteiger partial charge < -0.3 is 11.1 Å². The van der Waals surface area contributed by atoms with Gasteiger partial charge in [0.1, 0.15) is 0 Å². The number of rotatable bonds is 6. The number of aldehydes is 1. The van der Waals surface area contributed by atoms with Gasteiger partial charge in [-0.3, -0.25) is 9.59 Å². The Balaban J connectivity index is 2.12. The van der Waals surface area contributed by atoms with Crippen LogP contribution in [-0.2, 0) is 11.2 Å². The van der Waals surface area contributed by atoms with Crippen LogP contribution in [0.25, 0.3) is 11.1 Å². The van der Waals surface area contributed by atoms with Crippen molar-refractivity contribution in [2.75, 3.05) is 6.54 Å². The van der Waals surface area contributed by atoms with Crippen molar-refractivity contribution in [2.45, 2.75) is 13.3 Å². The van der Waals surface area contributed by atoms with Gasteiger partial charge in [0.25, 0.3) is 5.91 Å². The van der Waals surface area contributed by atoms with Crippen molar-refractivity contribution < 1.29 is 9.59 Å². The maximum Gasteiger partial charge on any atom is 0.255 e. The summed E-state index contributed by atoms with van der Waals surface area (Å²) in [7, 11) is 0. The first-order valence-electron chi connectivity index (χ1n) is 7.50. The average Bonchev–Trinajstić information content (AvgIpc) is 2.60. The van der Waals surface area contributed by atoms with Gasteiger partial charge >= 0.3 is 0 Å². The third kappa shape index (κ3) is 4.37. The van der Waals surface area contributed by atoms with Crippen LogP contribution in [0.3, 0.4) is 0 Å². The minimum Gasteiger partial charge on any atom is -0.330 e. The van der Waals surface area contributed by atoms with E-state index < -0.39 is 0 Å². The van der Waals surface area contributed by atoms with E-state index in [0.29, 0.717) is 18.4 Å². The number of nitrogens with one attached hydrogen (secondary N) is 1. The Morgan fingerprint density at radius 2 is 1.61 bits per heavy atom. The molecule has 0 atom stereocenters. The van der Waals surface area contributed by atoms with Gasteiger partial charge in [-0.2, -0.15) is 0 Å². The molecule has 0 saturated carbocycles. The molecule has 0 aliphatic heterocycles. The van der Waals surface area contributed by atoms with Crippen molar-refractivity contribution in [1.29, 1.82) is 0 Å². The Bertz CT molecular complexity index is 701. The summed E-state index contributed by atoms with van der Waals surface area (Å²) in [6.45, 7) is 2.33. The van der Waals surface area contributed by atoms with E-state index in [4.69, 9.17) is 5.73 Å². The zero-order chi connectivity index (χ0) is 16.7. The second-order valence-corrected chi connectivity index (χ2v) is 5.13. The fourth-order valence-electron chi connectivity index (χ4n) is 2.22. The zero-order valence-electron chi connectivity index (χ0n) is 13.1. The van der Waals surface area contributed by atoms with Crippen LogP contribution in [0.2, 0.25) is 0 Å². The van der Waals surface area contributed by atoms with Crippen LogP contribution in [-0.4, -0.2) is 18.7 Å². The van der Waals surface area contributed by atoms with E-state index in [0.717, 1.165) is 17.5 Å². The van der Waals surface area contributed by atoms with Gasteiger partial charge in [-0.1, -0.05) is 42.5 Å². The lowest BCUT2D eigenvalue weighted by molar-refractivity contribution is -0.105. The number of benzene rings is 2. The molecule has 3 N–H and O–H groups in total. The first-order valence-corrected chi connectivity index (χ1v) is 7.50. The molecular weight excluding hydrogens is 288 g/mol. The number of allylic oxidation sites excluding steroid dienone is 2. The Morgan fingerprint density at radius 3 is 2.09 bits per heavy atom. The Morgan fingerprint density at radius 1 is 1.04 bits per heavy atom. The summed E-state index contributed by atoms with van der Waals surface area (Å²) in [5.74, 6) is -0.296. The topological polar surface area (TPSA) is 72.2 Å². The molecule has 4 nitrogen and oxygen atoms in total. The van der Waals surface area contributed by atoms with Gasteiger partial charge in [0, 0.05) is 5.56 Å². The summed E-state index contributed by atoms with van der Waals surface area (Å²) in [5, 5.41) is 2.56. The van der Waals surface area contributed by atoms with Crippen LogP contribution in [0.15, 0.2) is 60.3 Å². The summed E-state index contributed by atoms with van der Waals surface area (Å²) in [6.07, 6.45) is 3.04. The minimum absolute atomic E-state index is 0.259. The molecule has 0 spiro atoms. The summed E-state index contributed by atoms with van der Waals surface area (Å²) < 4.78 is 0. The lowest BCUT2D eigenvalue weighted by Crippen LogP contribution is -2.23. The Kier molecular flexibility index (Phi) is 5.83. The number of amides is 1. The highest BCUT2D eigenvalue weighted by atomic mass is 16.2. The minimum atomic E-state index is -0.296. The maximum absolute atomic E-state index is 12.0. The quantitative estimate of drug-likeness (QED) is 0.636. The molecule has 0 radical (unpaired) electrons. The molecule has 2 rings (SSSR count). The molecule has 0 saturated heterocycles. The van der Waals surface area contributed by atoms with Crippen LogP contribution in [0, 0.1) is 0 Å². The molecule has 0 unspecified atom stereocenters. The molecule has 0 fully saturated rings. The van der Waals surface area contributed by atoms with E-state index in [-0.39, 0.29) is 11.6 Å². The molecule has 4 heteroatoms. The fourth-order valence-corrected chi connectivity index (χ4v) is 2.22. The first-order chi connectivity index (χ1) is 11.2. The molecule has 0 heterocycles. The smallest absolute Gasteiger partial charge is 0.255 e. The molecule has 2 aromatic carbocycles. The largest absolute Gasteiger partial charge is 0.330 e. The number of nitrogens with two attached hydrogens (primary N) is 1. The predicted molar refractivity (Wildman–Crippen MR) is 91.9 cm³/mol. The third-order valence-corrected chi connectivity index (χ3v) is 3.56. The molecule has 118 valence electrons. The van der Waals surface area contributed by atoms with Gasteiger partial charge in [-0.25, -0.2) is 0 Å². The Hall–Kier alpha value is -2.72. The molecule has 23 heavy (non-hydrogen) atoms. The highest BCUT2D eigenvalue weighted by molar-refractivity contribution is 5.98. The predicted octanol–water partition coefficient (Wildman–Crippen LogP) is 2.69. The molecule has 1 amide bonds. The molecule has 0 bridgehead atoms. The summed E-state index contributed by atoms with van der Waals surface area (Å²) in [4.78, 5) is 22.7. The monoisotopic (exact) mass is 308 g/mol. The number of carbonyl (C=O) groups is 2. The van der Waals surface area contributed by atoms with Crippen LogP contribution in [0.1, 0.15) is 22.8 Å². The van der Waals surface area contributed by atoms with Gasteiger partial charge in [0.15, 0.2) is 6.29 Å². The van der Waals surface area contributed by atoms with Crippen molar-refractivity contribution in [1.82, 2.24) is 5.32 Å². The van der Waals surface area contributed by atoms with Gasteiger partial charge in [-0.15, -0.1) is 0 Å². The van der Waals surface area contributed by atoms with Gasteiger partial charge in [0.2, 0.25) is 0 Å². The van der Waals surface area contributed by atoms with Crippen LogP contribution in [0.4, 0.5) is 0 Å². The highest BCUT2D eigenvalue weighted by Gasteiger charge is 2.07. The van der Waals surface area contributed by atoms with Crippen LogP contribution >= 0.6 is 0 Å². The summed E-state index contributed by atoms with van der Waals surface area (Å²) >= 11 is 0. The van der Waals surface area contributed by atoms with Crippen molar-refractivity contribution in [2.24, 2.45) is 5.73 Å². The second-order valence-electron chi connectivity index (χ2n) is 5.13. The van der Waals surface area contributed by atoms with E-state index in [9.17, 15) is 9.59 Å². The standard InChI is InChI=1S/C19H20N2O2/c1-2-18(13-22)21-19(23)17-9-7-16(8-10-17)15-5-3-14(4-6-15)11-12-20/h2-10,13H,11-12,20H2,1H3,(H,21,23). The number of carbonyl (C=O) groups excluding carboxylic acids is 2. The lowest BCUT2D eigenvalue weighted by atomic mass is 10.0. The van der Waals surface area contributed by atoms with Gasteiger partial charge in [-0.05, 0) is 48.7 Å². The molecule has 0 aliphatic rings. The second kappa shape index (κ2) is 8.06. The number of hydrogen-bond donors (Lipinski definition) is 2. The molecule has 0 aromatic heterocycles. The number of hydrogen-bond acceptors (Lipinski definition) is 3. The fraction of sp³-hybridized carbons (Fsp3) is 0.158. The van der Waals surface area contributed by atoms with E-state index in [1.54, 1.807) is 25.1 Å². The van der Waals surface area contributed by atoms with E-state index in [2.05, 4.69) is 17.4 Å². The van der Waals surface area contributed by atoms with Crippen molar-refractivity contribution in [3.8, 4) is 11.1 Å². The van der Waals surface area contributed by atoms with E-state index >= 15 is 0 Å². The van der Waals surface area contributed by atoms with Crippen LogP contribution < -0.4 is 11.1 Å². The first kappa shape index (κ1) is 16.6. The SMILES string of the molecule is CC=C(C=O)NC(=O)c1ccc(-c2ccc(CCN)cc2)cc1. The summed E-state index contributed by atoms with van der Waals surface area (Å²) in [6, 6.07) is 15.5. The molecular formula is C19H20N2O2. The summed E-state index contributed by atoms with van der Waals surface area (Å²) in [5.41, 5.74) is 9.63. The van der Waals surface area contributed by atoms with Crippen molar-refractivity contribution in [3.05, 3.63) is 71.4 Å². The van der Waals surface area contributed by atoms with Crippen molar-refractivity contribution in [3.63, 3.8) is 0 Å². The molecule has 0 aliphatic carbocycles. The van der Waals surface area contributed by atoms with E-state index in [1.807, 2.05) is 24.3 Å². The van der Waals surface area contributed by atoms with Gasteiger partial charge in [0.05, 0.1) is 5.70 Å². The zero-order valence-corrected chi connectivity index (χ0v) is 13.1. The maximum atomic E-state index is 12.0. The Labute approximate surface area is 136 Å². The highest BCUT2D eigenvalue weighted by Crippen LogP contribution is 2.20. The molecule has 2 aromatic rings. The van der Waals surface area contributed by atoms with Crippen LogP contribution in [0.5, 0.6) is 0 Å². The average molecular weight is 308 g/mol. The van der Waals surface area contributed by atoms with E-state index in [1.165, 1.54) is 5.56 Å². The normalized spacial score (nSPS) is 11.1. The lowest BCUT2D eigenvalue weighted by Gasteiger charge is -2.07. The third-order valence-electron chi connectivity index (χ3n) is 3.56. The van der Waals surface area contributed by atoms with Crippen molar-refractivity contribution >= 4 is 12.2 Å².